The van der Waals surface area contributed by atoms with Crippen LogP contribution in [0.4, 0.5) is 0 Å². The molecule has 0 aromatic carbocycles. The van der Waals surface area contributed by atoms with E-state index in [9.17, 15) is 4.79 Å². The standard InChI is InChI=1S/C14H23NO2/c1-4-6-7-8-9-10-11-15(3)12-13-17-14(16)5-2/h4-5,9-10H,1-2,6-8,11-13H2,3H3. The monoisotopic (exact) mass is 237 g/mol. The second-order valence-corrected chi connectivity index (χ2v) is 3.82. The molecule has 0 saturated heterocycles. The van der Waals surface area contributed by atoms with Crippen LogP contribution in [0.1, 0.15) is 19.3 Å². The number of nitrogens with zero attached hydrogens (tertiary/aromatic N) is 1. The van der Waals surface area contributed by atoms with Gasteiger partial charge in [0, 0.05) is 19.2 Å². The van der Waals surface area contributed by atoms with E-state index in [0.717, 1.165) is 32.4 Å². The van der Waals surface area contributed by atoms with Crippen molar-refractivity contribution in [2.45, 2.75) is 19.3 Å². The van der Waals surface area contributed by atoms with Crippen molar-refractivity contribution in [3.63, 3.8) is 0 Å². The van der Waals surface area contributed by atoms with E-state index < -0.39 is 0 Å². The highest BCUT2D eigenvalue weighted by Crippen LogP contribution is 1.97. The maximum absolute atomic E-state index is 10.8. The van der Waals surface area contributed by atoms with Crippen molar-refractivity contribution in [3.8, 4) is 0 Å². The third-order valence-electron chi connectivity index (χ3n) is 2.25. The minimum Gasteiger partial charge on any atom is -0.461 e. The Kier molecular flexibility index (Phi) is 10.3. The summed E-state index contributed by atoms with van der Waals surface area (Å²) in [6, 6.07) is 0. The summed E-state index contributed by atoms with van der Waals surface area (Å²) in [4.78, 5) is 12.9. The lowest BCUT2D eigenvalue weighted by atomic mass is 10.2. The van der Waals surface area contributed by atoms with Crippen molar-refractivity contribution >= 4 is 5.97 Å². The van der Waals surface area contributed by atoms with Gasteiger partial charge >= 0.3 is 5.97 Å². The Labute approximate surface area is 104 Å². The van der Waals surface area contributed by atoms with Crippen molar-refractivity contribution in [3.05, 3.63) is 37.5 Å². The third kappa shape index (κ3) is 10.9. The molecule has 3 heteroatoms. The normalized spacial score (nSPS) is 10.7. The summed E-state index contributed by atoms with van der Waals surface area (Å²) in [5.41, 5.74) is 0. The van der Waals surface area contributed by atoms with Crippen LogP contribution in [0.2, 0.25) is 0 Å². The first-order chi connectivity index (χ1) is 8.20. The molecule has 0 fully saturated rings. The van der Waals surface area contributed by atoms with Gasteiger partial charge in [0.05, 0.1) is 0 Å². The van der Waals surface area contributed by atoms with E-state index in [0.29, 0.717) is 6.61 Å². The fourth-order valence-corrected chi connectivity index (χ4v) is 1.20. The molecular formula is C14H23NO2. The molecule has 0 unspecified atom stereocenters. The van der Waals surface area contributed by atoms with Crippen LogP contribution in [-0.4, -0.2) is 37.6 Å². The Morgan fingerprint density at radius 3 is 2.71 bits per heavy atom. The second-order valence-electron chi connectivity index (χ2n) is 3.82. The molecule has 96 valence electrons. The average molecular weight is 237 g/mol. The molecule has 0 bridgehead atoms. The minimum atomic E-state index is -0.363. The number of unbranched alkanes of at least 4 members (excludes halogenated alkanes) is 2. The highest BCUT2D eigenvalue weighted by atomic mass is 16.5. The third-order valence-corrected chi connectivity index (χ3v) is 2.25. The van der Waals surface area contributed by atoms with Gasteiger partial charge in [-0.3, -0.25) is 4.90 Å². The zero-order chi connectivity index (χ0) is 12.9. The van der Waals surface area contributed by atoms with E-state index in [1.54, 1.807) is 0 Å². The lowest BCUT2D eigenvalue weighted by Crippen LogP contribution is -2.24. The summed E-state index contributed by atoms with van der Waals surface area (Å²) in [7, 11) is 2.00. The molecule has 0 N–H and O–H groups in total. The van der Waals surface area contributed by atoms with Crippen molar-refractivity contribution in [1.29, 1.82) is 0 Å². The van der Waals surface area contributed by atoms with Gasteiger partial charge < -0.3 is 4.74 Å². The van der Waals surface area contributed by atoms with Crippen molar-refractivity contribution in [1.82, 2.24) is 4.90 Å². The molecule has 0 aromatic rings. The molecule has 0 amide bonds. The highest BCUT2D eigenvalue weighted by molar-refractivity contribution is 5.81. The van der Waals surface area contributed by atoms with Crippen molar-refractivity contribution in [2.75, 3.05) is 26.7 Å². The number of hydrogen-bond acceptors (Lipinski definition) is 3. The van der Waals surface area contributed by atoms with E-state index in [-0.39, 0.29) is 5.97 Å². The Bertz CT molecular complexity index is 259. The largest absolute Gasteiger partial charge is 0.461 e. The number of rotatable bonds is 10. The molecule has 0 aliphatic rings. The summed E-state index contributed by atoms with van der Waals surface area (Å²) >= 11 is 0. The second kappa shape index (κ2) is 11.1. The fraction of sp³-hybridized carbons (Fsp3) is 0.500. The first kappa shape index (κ1) is 15.7. The van der Waals surface area contributed by atoms with Gasteiger partial charge in [0.15, 0.2) is 0 Å². The summed E-state index contributed by atoms with van der Waals surface area (Å²) in [5.74, 6) is -0.363. The van der Waals surface area contributed by atoms with E-state index in [1.807, 2.05) is 13.1 Å². The van der Waals surface area contributed by atoms with E-state index in [2.05, 4.69) is 30.2 Å². The number of hydrogen-bond donors (Lipinski definition) is 0. The van der Waals surface area contributed by atoms with Crippen LogP contribution < -0.4 is 0 Å². The van der Waals surface area contributed by atoms with Gasteiger partial charge in [0.1, 0.15) is 6.61 Å². The predicted molar refractivity (Wildman–Crippen MR) is 71.8 cm³/mol. The Balaban J connectivity index is 3.45. The Hall–Kier alpha value is -1.35. The van der Waals surface area contributed by atoms with Gasteiger partial charge in [-0.2, -0.15) is 0 Å². The summed E-state index contributed by atoms with van der Waals surface area (Å²) < 4.78 is 4.89. The SMILES string of the molecule is C=CCCCC=CCN(C)CCOC(=O)C=C. The van der Waals surface area contributed by atoms with Crippen LogP contribution in [0.3, 0.4) is 0 Å². The summed E-state index contributed by atoms with van der Waals surface area (Å²) in [5, 5.41) is 0. The summed E-state index contributed by atoms with van der Waals surface area (Å²) in [6.07, 6.45) is 10.7. The first-order valence-electron chi connectivity index (χ1n) is 5.94. The zero-order valence-corrected chi connectivity index (χ0v) is 10.7. The van der Waals surface area contributed by atoms with Crippen LogP contribution in [0, 0.1) is 0 Å². The molecule has 0 radical (unpaired) electrons. The van der Waals surface area contributed by atoms with Gasteiger partial charge in [0.2, 0.25) is 0 Å². The Morgan fingerprint density at radius 1 is 1.29 bits per heavy atom. The molecule has 0 aliphatic carbocycles. The molecule has 0 heterocycles. The lowest BCUT2D eigenvalue weighted by Gasteiger charge is -2.13. The quantitative estimate of drug-likeness (QED) is 0.253. The highest BCUT2D eigenvalue weighted by Gasteiger charge is 1.98. The Morgan fingerprint density at radius 2 is 2.06 bits per heavy atom. The minimum absolute atomic E-state index is 0.363. The van der Waals surface area contributed by atoms with E-state index in [1.165, 1.54) is 6.08 Å². The number of likely N-dealkylation sites (N-methyl/N-ethyl adjacent to an activating group) is 1. The number of esters is 1. The number of allylic oxidation sites excluding steroid dienone is 2. The topological polar surface area (TPSA) is 29.5 Å². The van der Waals surface area contributed by atoms with Crippen molar-refractivity contribution < 1.29 is 9.53 Å². The molecule has 0 aliphatic heterocycles. The van der Waals surface area contributed by atoms with E-state index in [4.69, 9.17) is 4.74 Å². The molecule has 17 heavy (non-hydrogen) atoms. The fourth-order valence-electron chi connectivity index (χ4n) is 1.20. The first-order valence-corrected chi connectivity index (χ1v) is 5.94. The van der Waals surface area contributed by atoms with Gasteiger partial charge in [-0.15, -0.1) is 6.58 Å². The lowest BCUT2D eigenvalue weighted by molar-refractivity contribution is -0.138. The maximum Gasteiger partial charge on any atom is 0.330 e. The number of ether oxygens (including phenoxy) is 1. The van der Waals surface area contributed by atoms with Gasteiger partial charge in [0.25, 0.3) is 0 Å². The van der Waals surface area contributed by atoms with Crippen molar-refractivity contribution in [2.24, 2.45) is 0 Å². The van der Waals surface area contributed by atoms with Crippen LogP contribution in [0.15, 0.2) is 37.5 Å². The summed E-state index contributed by atoms with van der Waals surface area (Å²) in [6.45, 7) is 9.03. The average Bonchev–Trinajstić information content (AvgIpc) is 2.33. The van der Waals surface area contributed by atoms with Crippen LogP contribution in [0.5, 0.6) is 0 Å². The molecule has 3 nitrogen and oxygen atoms in total. The number of carbonyl (C=O) groups excluding carboxylic acids is 1. The predicted octanol–water partition coefficient (Wildman–Crippen LogP) is 2.56. The number of carbonyl (C=O) groups is 1. The molecule has 0 spiro atoms. The molecule has 0 atom stereocenters. The van der Waals surface area contributed by atoms with Crippen LogP contribution in [-0.2, 0) is 9.53 Å². The molecule has 0 rings (SSSR count). The van der Waals surface area contributed by atoms with Gasteiger partial charge in [-0.25, -0.2) is 4.79 Å². The molecule has 0 aromatic heterocycles. The maximum atomic E-state index is 10.8. The van der Waals surface area contributed by atoms with Gasteiger partial charge in [-0.1, -0.05) is 24.8 Å². The zero-order valence-electron chi connectivity index (χ0n) is 10.7. The van der Waals surface area contributed by atoms with E-state index >= 15 is 0 Å². The van der Waals surface area contributed by atoms with Gasteiger partial charge in [-0.05, 0) is 26.3 Å². The van der Waals surface area contributed by atoms with Crippen LogP contribution >= 0.6 is 0 Å². The van der Waals surface area contributed by atoms with Crippen LogP contribution in [0.25, 0.3) is 0 Å². The molecular weight excluding hydrogens is 214 g/mol. The smallest absolute Gasteiger partial charge is 0.330 e. The molecule has 0 saturated carbocycles.